The second-order valence-electron chi connectivity index (χ2n) is 4.08. The van der Waals surface area contributed by atoms with Crippen LogP contribution in [0.4, 0.5) is 5.82 Å². The lowest BCUT2D eigenvalue weighted by Gasteiger charge is -2.30. The van der Waals surface area contributed by atoms with Crippen molar-refractivity contribution in [2.75, 3.05) is 18.0 Å². The Morgan fingerprint density at radius 3 is 3.20 bits per heavy atom. The van der Waals surface area contributed by atoms with Gasteiger partial charge in [-0.05, 0) is 31.4 Å². The van der Waals surface area contributed by atoms with Crippen LogP contribution in [0.2, 0.25) is 0 Å². The van der Waals surface area contributed by atoms with Gasteiger partial charge < -0.3 is 9.69 Å². The molecule has 1 saturated heterocycles. The first kappa shape index (κ1) is 10.1. The highest BCUT2D eigenvalue weighted by Gasteiger charge is 2.20. The molecular weight excluding hydrogens is 190 g/mol. The van der Waals surface area contributed by atoms with Crippen molar-refractivity contribution >= 4 is 12.1 Å². The highest BCUT2D eigenvalue weighted by molar-refractivity contribution is 5.56. The van der Waals surface area contributed by atoms with Crippen LogP contribution in [0.5, 0.6) is 0 Å². The van der Waals surface area contributed by atoms with Crippen LogP contribution in [-0.4, -0.2) is 29.6 Å². The van der Waals surface area contributed by atoms with E-state index in [1.165, 1.54) is 0 Å². The van der Waals surface area contributed by atoms with E-state index in [-0.39, 0.29) is 5.92 Å². The number of aryl methyl sites for hydroxylation is 1. The minimum atomic E-state index is 0.154. The van der Waals surface area contributed by atoms with Gasteiger partial charge in [0, 0.05) is 19.0 Å². The monoisotopic (exact) mass is 205 g/mol. The van der Waals surface area contributed by atoms with Gasteiger partial charge in [0.1, 0.15) is 6.29 Å². The second kappa shape index (κ2) is 4.38. The fraction of sp³-hybridized carbons (Fsp3) is 0.545. The standard InChI is InChI=1S/C11H15N3O/c1-9-5-11(13-12-6-9)14-4-2-3-10(7-14)8-15/h5-6,8,10H,2-4,7H2,1H3. The summed E-state index contributed by atoms with van der Waals surface area (Å²) < 4.78 is 0. The van der Waals surface area contributed by atoms with Gasteiger partial charge >= 0.3 is 0 Å². The van der Waals surface area contributed by atoms with Gasteiger partial charge in [0.25, 0.3) is 0 Å². The summed E-state index contributed by atoms with van der Waals surface area (Å²) in [5, 5.41) is 8.02. The van der Waals surface area contributed by atoms with Gasteiger partial charge in [-0.15, -0.1) is 5.10 Å². The van der Waals surface area contributed by atoms with E-state index in [0.29, 0.717) is 0 Å². The second-order valence-corrected chi connectivity index (χ2v) is 4.08. The molecule has 0 saturated carbocycles. The number of hydrogen-bond donors (Lipinski definition) is 0. The third-order valence-electron chi connectivity index (χ3n) is 2.75. The van der Waals surface area contributed by atoms with Crippen molar-refractivity contribution in [3.63, 3.8) is 0 Å². The Balaban J connectivity index is 2.13. The predicted molar refractivity (Wildman–Crippen MR) is 57.8 cm³/mol. The lowest BCUT2D eigenvalue weighted by atomic mass is 10.00. The summed E-state index contributed by atoms with van der Waals surface area (Å²) in [7, 11) is 0. The van der Waals surface area contributed by atoms with Crippen molar-refractivity contribution in [3.05, 3.63) is 17.8 Å². The van der Waals surface area contributed by atoms with Crippen LogP contribution >= 0.6 is 0 Å². The zero-order valence-electron chi connectivity index (χ0n) is 8.89. The fourth-order valence-electron chi connectivity index (χ4n) is 1.93. The van der Waals surface area contributed by atoms with Gasteiger partial charge in [-0.3, -0.25) is 0 Å². The van der Waals surface area contributed by atoms with E-state index < -0.39 is 0 Å². The first-order valence-electron chi connectivity index (χ1n) is 5.29. The molecule has 0 aliphatic carbocycles. The van der Waals surface area contributed by atoms with E-state index in [9.17, 15) is 4.79 Å². The Labute approximate surface area is 89.3 Å². The maximum absolute atomic E-state index is 10.7. The van der Waals surface area contributed by atoms with Crippen LogP contribution in [-0.2, 0) is 4.79 Å². The SMILES string of the molecule is Cc1cnnc(N2CCCC(C=O)C2)c1. The predicted octanol–water partition coefficient (Wildman–Crippen LogP) is 1.20. The van der Waals surface area contributed by atoms with Crippen LogP contribution in [0.1, 0.15) is 18.4 Å². The molecule has 1 atom stereocenters. The van der Waals surface area contributed by atoms with Crippen molar-refractivity contribution in [1.82, 2.24) is 10.2 Å². The smallest absolute Gasteiger partial charge is 0.151 e. The van der Waals surface area contributed by atoms with Gasteiger partial charge in [-0.25, -0.2) is 0 Å². The van der Waals surface area contributed by atoms with Crippen molar-refractivity contribution in [2.24, 2.45) is 5.92 Å². The van der Waals surface area contributed by atoms with E-state index in [4.69, 9.17) is 0 Å². The molecule has 0 radical (unpaired) electrons. The summed E-state index contributed by atoms with van der Waals surface area (Å²) in [5.41, 5.74) is 1.10. The molecule has 80 valence electrons. The maximum atomic E-state index is 10.7. The highest BCUT2D eigenvalue weighted by Crippen LogP contribution is 2.20. The van der Waals surface area contributed by atoms with Crippen LogP contribution < -0.4 is 4.90 Å². The Morgan fingerprint density at radius 1 is 1.60 bits per heavy atom. The quantitative estimate of drug-likeness (QED) is 0.681. The first-order chi connectivity index (χ1) is 7.29. The lowest BCUT2D eigenvalue weighted by molar-refractivity contribution is -0.111. The molecule has 0 bridgehead atoms. The molecule has 4 nitrogen and oxygen atoms in total. The van der Waals surface area contributed by atoms with E-state index in [1.807, 2.05) is 13.0 Å². The number of piperidine rings is 1. The Morgan fingerprint density at radius 2 is 2.47 bits per heavy atom. The molecule has 0 amide bonds. The van der Waals surface area contributed by atoms with Crippen molar-refractivity contribution in [3.8, 4) is 0 Å². The van der Waals surface area contributed by atoms with Crippen molar-refractivity contribution in [1.29, 1.82) is 0 Å². The Hall–Kier alpha value is -1.45. The summed E-state index contributed by atoms with van der Waals surface area (Å²) in [4.78, 5) is 12.9. The van der Waals surface area contributed by atoms with Crippen LogP contribution in [0.15, 0.2) is 12.3 Å². The van der Waals surface area contributed by atoms with Crippen molar-refractivity contribution < 1.29 is 4.79 Å². The molecule has 2 heterocycles. The van der Waals surface area contributed by atoms with E-state index >= 15 is 0 Å². The topological polar surface area (TPSA) is 46.1 Å². The summed E-state index contributed by atoms with van der Waals surface area (Å²) in [6.07, 6.45) is 4.85. The number of anilines is 1. The maximum Gasteiger partial charge on any atom is 0.151 e. The molecule has 0 N–H and O–H groups in total. The Kier molecular flexibility index (Phi) is 2.94. The number of carbonyl (C=O) groups excluding carboxylic acids is 1. The van der Waals surface area contributed by atoms with Crippen molar-refractivity contribution in [2.45, 2.75) is 19.8 Å². The summed E-state index contributed by atoms with van der Waals surface area (Å²) >= 11 is 0. The number of hydrogen-bond acceptors (Lipinski definition) is 4. The summed E-state index contributed by atoms with van der Waals surface area (Å²) in [5.74, 6) is 1.04. The highest BCUT2D eigenvalue weighted by atomic mass is 16.1. The molecular formula is C11H15N3O. The van der Waals surface area contributed by atoms with Gasteiger partial charge in [-0.2, -0.15) is 5.10 Å². The molecule has 1 aliphatic heterocycles. The zero-order chi connectivity index (χ0) is 10.7. The Bertz CT molecular complexity index is 353. The molecule has 1 aliphatic rings. The molecule has 1 fully saturated rings. The van der Waals surface area contributed by atoms with Crippen LogP contribution in [0, 0.1) is 12.8 Å². The molecule has 15 heavy (non-hydrogen) atoms. The average molecular weight is 205 g/mol. The molecule has 1 aromatic rings. The molecule has 2 rings (SSSR count). The lowest BCUT2D eigenvalue weighted by Crippen LogP contribution is -2.36. The van der Waals surface area contributed by atoms with E-state index in [2.05, 4.69) is 15.1 Å². The number of carbonyl (C=O) groups is 1. The van der Waals surface area contributed by atoms with E-state index in [0.717, 1.165) is 43.6 Å². The minimum absolute atomic E-state index is 0.154. The van der Waals surface area contributed by atoms with Crippen LogP contribution in [0.3, 0.4) is 0 Å². The number of nitrogens with zero attached hydrogens (tertiary/aromatic N) is 3. The summed E-state index contributed by atoms with van der Waals surface area (Å²) in [6.45, 7) is 3.75. The van der Waals surface area contributed by atoms with Gasteiger partial charge in [-0.1, -0.05) is 0 Å². The first-order valence-corrected chi connectivity index (χ1v) is 5.29. The van der Waals surface area contributed by atoms with E-state index in [1.54, 1.807) is 6.20 Å². The molecule has 0 aromatic carbocycles. The normalized spacial score (nSPS) is 21.4. The minimum Gasteiger partial charge on any atom is -0.354 e. The fourth-order valence-corrected chi connectivity index (χ4v) is 1.93. The zero-order valence-corrected chi connectivity index (χ0v) is 8.89. The van der Waals surface area contributed by atoms with Gasteiger partial charge in [0.2, 0.25) is 0 Å². The molecule has 4 heteroatoms. The molecule has 1 unspecified atom stereocenters. The summed E-state index contributed by atoms with van der Waals surface area (Å²) in [6, 6.07) is 2.01. The largest absolute Gasteiger partial charge is 0.354 e. The average Bonchev–Trinajstić information content (AvgIpc) is 2.29. The van der Waals surface area contributed by atoms with Gasteiger partial charge in [0.05, 0.1) is 6.20 Å². The molecule has 1 aromatic heterocycles. The molecule has 0 spiro atoms. The number of aldehydes is 1. The number of rotatable bonds is 2. The van der Waals surface area contributed by atoms with Gasteiger partial charge in [0.15, 0.2) is 5.82 Å². The van der Waals surface area contributed by atoms with Crippen LogP contribution in [0.25, 0.3) is 0 Å². The third kappa shape index (κ3) is 2.32. The number of aromatic nitrogens is 2. The third-order valence-corrected chi connectivity index (χ3v) is 2.75.